The molecule has 6 atom stereocenters. The monoisotopic (exact) mass is 540 g/mol. The van der Waals surface area contributed by atoms with Crippen LogP contribution in [0.3, 0.4) is 0 Å². The highest BCUT2D eigenvalue weighted by molar-refractivity contribution is 8.02. The van der Waals surface area contributed by atoms with Crippen LogP contribution in [0, 0.1) is 31.6 Å². The van der Waals surface area contributed by atoms with Gasteiger partial charge in [-0.3, -0.25) is 14.4 Å². The van der Waals surface area contributed by atoms with Gasteiger partial charge in [-0.05, 0) is 50.2 Å². The van der Waals surface area contributed by atoms with E-state index < -0.39 is 34.6 Å². The van der Waals surface area contributed by atoms with Crippen LogP contribution in [-0.2, 0) is 19.1 Å². The molecule has 0 radical (unpaired) electrons. The van der Waals surface area contributed by atoms with Crippen molar-refractivity contribution in [1.82, 2.24) is 4.90 Å². The molecule has 2 unspecified atom stereocenters. The average molecular weight is 541 g/mol. The maximum absolute atomic E-state index is 14.7. The molecule has 1 N–H and O–H groups in total. The van der Waals surface area contributed by atoms with Gasteiger partial charge in [0.05, 0.1) is 29.2 Å². The quantitative estimate of drug-likeness (QED) is 0.337. The first-order chi connectivity index (χ1) is 18.1. The summed E-state index contributed by atoms with van der Waals surface area (Å²) >= 11 is 1.61. The van der Waals surface area contributed by atoms with Crippen molar-refractivity contribution in [2.75, 3.05) is 24.7 Å². The maximum atomic E-state index is 14.7. The molecule has 0 aromatic heterocycles. The molecule has 7 nitrogen and oxygen atoms in total. The number of aliphatic hydroxyl groups excluding tert-OH is 1. The number of hydrogen-bond acceptors (Lipinski definition) is 6. The zero-order valence-corrected chi connectivity index (χ0v) is 23.7. The number of amides is 2. The second-order valence-corrected chi connectivity index (χ2v) is 12.8. The number of carbonyl (C=O) groups is 3. The normalized spacial score (nSPS) is 28.4. The number of nitrogens with zero attached hydrogens (tertiary/aromatic N) is 2. The fourth-order valence-electron chi connectivity index (χ4n) is 6.89. The summed E-state index contributed by atoms with van der Waals surface area (Å²) in [5.41, 5.74) is 2.73. The van der Waals surface area contributed by atoms with Crippen molar-refractivity contribution >= 4 is 35.2 Å². The number of anilines is 1. The molecule has 2 bridgehead atoms. The summed E-state index contributed by atoms with van der Waals surface area (Å²) in [5.74, 6) is -1.89. The Labute approximate surface area is 230 Å². The number of ether oxygens (including phenoxy) is 1. The van der Waals surface area contributed by atoms with Gasteiger partial charge in [-0.2, -0.15) is 0 Å². The Hall–Kier alpha value is -2.58. The Bertz CT molecular complexity index is 1100. The van der Waals surface area contributed by atoms with Gasteiger partial charge in [-0.1, -0.05) is 50.8 Å². The summed E-state index contributed by atoms with van der Waals surface area (Å²) in [6.45, 7) is 15.7. The van der Waals surface area contributed by atoms with Crippen LogP contribution in [0.5, 0.6) is 0 Å². The van der Waals surface area contributed by atoms with Gasteiger partial charge in [-0.25, -0.2) is 0 Å². The van der Waals surface area contributed by atoms with Crippen molar-refractivity contribution in [2.45, 2.75) is 69.0 Å². The fraction of sp³-hybridized carbons (Fsp3) is 0.567. The molecular formula is C30H40N2O5S. The number of thioether (sulfide) groups is 1. The third-order valence-electron chi connectivity index (χ3n) is 8.22. The molecule has 3 aliphatic rings. The molecule has 4 rings (SSSR count). The fourth-order valence-corrected chi connectivity index (χ4v) is 9.08. The van der Waals surface area contributed by atoms with E-state index in [0.29, 0.717) is 12.8 Å². The van der Waals surface area contributed by atoms with Crippen LogP contribution < -0.4 is 4.90 Å². The molecule has 0 aliphatic carbocycles. The van der Waals surface area contributed by atoms with Crippen LogP contribution in [0.25, 0.3) is 0 Å². The number of aliphatic hydroxyl groups is 1. The van der Waals surface area contributed by atoms with Crippen molar-refractivity contribution in [3.8, 4) is 0 Å². The molecule has 1 spiro atoms. The number of aryl methyl sites for hydroxylation is 2. The number of esters is 1. The van der Waals surface area contributed by atoms with Gasteiger partial charge in [0.25, 0.3) is 5.91 Å². The van der Waals surface area contributed by atoms with E-state index in [-0.39, 0.29) is 42.7 Å². The Balaban J connectivity index is 1.84. The maximum Gasteiger partial charge on any atom is 0.311 e. The number of benzene rings is 1. The Kier molecular flexibility index (Phi) is 8.43. The lowest BCUT2D eigenvalue weighted by Crippen LogP contribution is -2.58. The zero-order chi connectivity index (χ0) is 27.8. The molecule has 8 heteroatoms. The van der Waals surface area contributed by atoms with Crippen LogP contribution in [0.15, 0.2) is 43.5 Å². The first-order valence-corrected chi connectivity index (χ1v) is 14.4. The second kappa shape index (κ2) is 11.3. The van der Waals surface area contributed by atoms with Crippen molar-refractivity contribution in [1.29, 1.82) is 0 Å². The topological polar surface area (TPSA) is 87.2 Å². The molecule has 206 valence electrons. The van der Waals surface area contributed by atoms with E-state index in [9.17, 15) is 19.5 Å². The summed E-state index contributed by atoms with van der Waals surface area (Å²) in [4.78, 5) is 45.6. The molecule has 2 amide bonds. The summed E-state index contributed by atoms with van der Waals surface area (Å²) in [6.07, 6.45) is 5.17. The first kappa shape index (κ1) is 28.4. The van der Waals surface area contributed by atoms with Crippen LogP contribution in [0.1, 0.15) is 44.2 Å². The van der Waals surface area contributed by atoms with Crippen LogP contribution >= 0.6 is 11.8 Å². The standard InChI is InChI=1S/C30H40N2O5S/c1-7-14-31(25-19(5)10-9-11-20(25)6)28(35)26-30-13-12-22(38-30)23(29(36)37-15-8-2)24(30)27(34)32(26)21(17-33)16-18(3)4/h7-11,18,21-24,26,33H,1-2,12-17H2,3-6H3/t21-,22+,23-,24+,26?,30?/m1/s1. The van der Waals surface area contributed by atoms with Gasteiger partial charge < -0.3 is 19.6 Å². The van der Waals surface area contributed by atoms with Crippen LogP contribution in [0.2, 0.25) is 0 Å². The molecule has 3 heterocycles. The van der Waals surface area contributed by atoms with Gasteiger partial charge >= 0.3 is 5.97 Å². The largest absolute Gasteiger partial charge is 0.461 e. The molecular weight excluding hydrogens is 500 g/mol. The van der Waals surface area contributed by atoms with Crippen LogP contribution in [0.4, 0.5) is 5.69 Å². The predicted molar refractivity (Wildman–Crippen MR) is 151 cm³/mol. The van der Waals surface area contributed by atoms with E-state index in [0.717, 1.165) is 23.2 Å². The average Bonchev–Trinajstić information content (AvgIpc) is 3.52. The lowest BCUT2D eigenvalue weighted by molar-refractivity contribution is -0.153. The van der Waals surface area contributed by atoms with E-state index in [1.807, 2.05) is 45.9 Å². The summed E-state index contributed by atoms with van der Waals surface area (Å²) in [6, 6.07) is 4.58. The lowest BCUT2D eigenvalue weighted by Gasteiger charge is -2.40. The van der Waals surface area contributed by atoms with Crippen LogP contribution in [-0.4, -0.2) is 69.6 Å². The predicted octanol–water partition coefficient (Wildman–Crippen LogP) is 4.05. The van der Waals surface area contributed by atoms with Gasteiger partial charge in [0.2, 0.25) is 5.91 Å². The SMILES string of the molecule is C=CCOC(=O)[C@@H]1[C@@H]2CCC3(S2)C(C(=O)N(CC=C)c2c(C)cccc2C)N([C@@H](CO)CC(C)C)C(=O)[C@H]13. The highest BCUT2D eigenvalue weighted by atomic mass is 32.2. The smallest absolute Gasteiger partial charge is 0.311 e. The van der Waals surface area contributed by atoms with E-state index in [2.05, 4.69) is 13.2 Å². The van der Waals surface area contributed by atoms with Crippen molar-refractivity contribution < 1.29 is 24.2 Å². The Morgan fingerprint density at radius 1 is 1.26 bits per heavy atom. The highest BCUT2D eigenvalue weighted by Gasteiger charge is 2.74. The Morgan fingerprint density at radius 3 is 2.53 bits per heavy atom. The zero-order valence-electron chi connectivity index (χ0n) is 22.9. The number of rotatable bonds is 11. The minimum Gasteiger partial charge on any atom is -0.461 e. The van der Waals surface area contributed by atoms with E-state index in [1.54, 1.807) is 27.6 Å². The third kappa shape index (κ3) is 4.60. The Morgan fingerprint density at radius 2 is 1.95 bits per heavy atom. The van der Waals surface area contributed by atoms with Crippen molar-refractivity contribution in [3.05, 3.63) is 54.6 Å². The number of likely N-dealkylation sites (tertiary alicyclic amines) is 1. The van der Waals surface area contributed by atoms with Gasteiger partial charge in [0, 0.05) is 17.5 Å². The third-order valence-corrected chi connectivity index (χ3v) is 10.2. The summed E-state index contributed by atoms with van der Waals surface area (Å²) in [5, 5.41) is 10.4. The van der Waals surface area contributed by atoms with E-state index >= 15 is 0 Å². The van der Waals surface area contributed by atoms with Gasteiger partial charge in [0.1, 0.15) is 12.6 Å². The summed E-state index contributed by atoms with van der Waals surface area (Å²) in [7, 11) is 0. The molecule has 38 heavy (non-hydrogen) atoms. The molecule has 3 fully saturated rings. The van der Waals surface area contributed by atoms with Gasteiger partial charge in [0.15, 0.2) is 0 Å². The number of fused-ring (bicyclic) bond motifs is 1. The number of para-hydroxylation sites is 1. The van der Waals surface area contributed by atoms with Crippen molar-refractivity contribution in [3.63, 3.8) is 0 Å². The van der Waals surface area contributed by atoms with Gasteiger partial charge in [-0.15, -0.1) is 18.3 Å². The second-order valence-electron chi connectivity index (χ2n) is 11.2. The molecule has 1 aromatic carbocycles. The molecule has 3 saturated heterocycles. The minimum atomic E-state index is -0.804. The summed E-state index contributed by atoms with van der Waals surface area (Å²) < 4.78 is 4.70. The highest BCUT2D eigenvalue weighted by Crippen LogP contribution is 2.67. The minimum absolute atomic E-state index is 0.0792. The first-order valence-electron chi connectivity index (χ1n) is 13.5. The van der Waals surface area contributed by atoms with E-state index in [1.165, 1.54) is 6.08 Å². The number of carbonyl (C=O) groups excluding carboxylic acids is 3. The van der Waals surface area contributed by atoms with Crippen molar-refractivity contribution in [2.24, 2.45) is 17.8 Å². The molecule has 1 aromatic rings. The molecule has 3 aliphatic heterocycles. The molecule has 0 saturated carbocycles. The lowest BCUT2D eigenvalue weighted by atomic mass is 9.71. The number of hydrogen-bond donors (Lipinski definition) is 1. The van der Waals surface area contributed by atoms with E-state index in [4.69, 9.17) is 4.74 Å².